The second-order valence-corrected chi connectivity index (χ2v) is 1.46. The number of hydrogen-bond donors (Lipinski definition) is 2. The summed E-state index contributed by atoms with van der Waals surface area (Å²) in [5, 5.41) is 15.4. The van der Waals surface area contributed by atoms with Crippen LogP contribution >= 0.6 is 0 Å². The first-order valence-corrected chi connectivity index (χ1v) is 2.31. The van der Waals surface area contributed by atoms with Gasteiger partial charge >= 0.3 is 0 Å². The maximum atomic E-state index is 9.06. The van der Waals surface area contributed by atoms with Crippen molar-refractivity contribution in [2.24, 2.45) is 5.34 Å². The fraction of sp³-hybridized carbons (Fsp3) is 0. The van der Waals surface area contributed by atoms with Gasteiger partial charge in [-0.3, -0.25) is 4.79 Å². The first-order valence-electron chi connectivity index (χ1n) is 1.31. The van der Waals surface area contributed by atoms with E-state index in [1.54, 1.807) is 0 Å². The smallest absolute Gasteiger partial charge is 0.257 e. The summed E-state index contributed by atoms with van der Waals surface area (Å²) in [6.45, 7) is 0. The summed E-state index contributed by atoms with van der Waals surface area (Å²) in [7, 11) is 0.265. The molecule has 5 nitrogen and oxygen atoms in total. The lowest BCUT2D eigenvalue weighted by atomic mass is 11.6. The van der Waals surface area contributed by atoms with Gasteiger partial charge < -0.3 is 10.3 Å². The van der Waals surface area contributed by atoms with Crippen LogP contribution in [-0.4, -0.2) is 26.1 Å². The zero-order valence-electron chi connectivity index (χ0n) is 3.66. The van der Waals surface area contributed by atoms with Gasteiger partial charge in [-0.2, -0.15) is 0 Å². The third kappa shape index (κ3) is 58.1. The Morgan fingerprint density at radius 3 is 1.71 bits per heavy atom. The summed E-state index contributed by atoms with van der Waals surface area (Å²) in [4.78, 5) is 17.2. The minimum atomic E-state index is -0.694. The van der Waals surface area contributed by atoms with Crippen LogP contribution in [0.4, 0.5) is 4.79 Å². The number of hydrogen-bond acceptors (Lipinski definition) is 3. The average molecular weight is 123 g/mol. The highest BCUT2D eigenvalue weighted by Crippen LogP contribution is 1.41. The largest absolute Gasteiger partial charge is 0.486 e. The van der Waals surface area contributed by atoms with Crippen molar-refractivity contribution in [1.82, 2.24) is 0 Å². The Kier molecular flexibility index (Phi) is 12.0. The van der Waals surface area contributed by atoms with Crippen LogP contribution in [0.2, 0.25) is 0 Å². The van der Waals surface area contributed by atoms with Crippen molar-refractivity contribution in [2.75, 3.05) is 0 Å². The van der Waals surface area contributed by atoms with Gasteiger partial charge in [0, 0.05) is 0 Å². The predicted molar refractivity (Wildman–Crippen MR) is 25.5 cm³/mol. The van der Waals surface area contributed by atoms with Gasteiger partial charge in [0.15, 0.2) is 5.34 Å². The highest BCUT2D eigenvalue weighted by molar-refractivity contribution is 6.54. The van der Waals surface area contributed by atoms with E-state index in [9.17, 15) is 0 Å². The molecule has 0 aliphatic heterocycles. The standard InChI is InChI=1S/CH4O2Si.HNO2/c2-1(3)4;2-1-3/h4H3,(H,2,3);(H,2,3). The van der Waals surface area contributed by atoms with E-state index in [-0.39, 0.29) is 10.2 Å². The zero-order chi connectivity index (χ0) is 6.28. The summed E-state index contributed by atoms with van der Waals surface area (Å²) >= 11 is 0. The van der Waals surface area contributed by atoms with Crippen LogP contribution in [0.1, 0.15) is 0 Å². The van der Waals surface area contributed by atoms with Crippen molar-refractivity contribution in [2.45, 2.75) is 0 Å². The summed E-state index contributed by atoms with van der Waals surface area (Å²) in [6.07, 6.45) is 0. The molecule has 6 heteroatoms. The monoisotopic (exact) mass is 123 g/mol. The maximum Gasteiger partial charge on any atom is 0.257 e. The number of carboxylic acid groups (broad SMARTS) is 1. The Morgan fingerprint density at radius 2 is 1.71 bits per heavy atom. The molecule has 0 aliphatic carbocycles. The first kappa shape index (κ1) is 9.43. The molecule has 0 heterocycles. The van der Waals surface area contributed by atoms with Crippen molar-refractivity contribution in [3.05, 3.63) is 4.91 Å². The summed E-state index contributed by atoms with van der Waals surface area (Å²) in [6, 6.07) is 0. The second kappa shape index (κ2) is 8.92. The average Bonchev–Trinajstić information content (AvgIpc) is 1.33. The van der Waals surface area contributed by atoms with E-state index in [2.05, 4.69) is 0 Å². The minimum absolute atomic E-state index is 0.265. The molecule has 0 bridgehead atoms. The Morgan fingerprint density at radius 1 is 1.71 bits per heavy atom. The third-order valence-corrected chi connectivity index (χ3v) is 0. The van der Waals surface area contributed by atoms with E-state index in [1.165, 1.54) is 5.34 Å². The van der Waals surface area contributed by atoms with Crippen molar-refractivity contribution in [3.63, 3.8) is 0 Å². The molecule has 0 fully saturated rings. The van der Waals surface area contributed by atoms with E-state index < -0.39 is 5.59 Å². The van der Waals surface area contributed by atoms with Crippen molar-refractivity contribution < 1.29 is 15.1 Å². The lowest BCUT2D eigenvalue weighted by Crippen LogP contribution is -1.83. The molecule has 2 N–H and O–H groups in total. The van der Waals surface area contributed by atoms with Crippen LogP contribution in [-0.2, 0) is 0 Å². The van der Waals surface area contributed by atoms with Gasteiger partial charge in [-0.1, -0.05) is 0 Å². The fourth-order valence-electron chi connectivity index (χ4n) is 0. The van der Waals surface area contributed by atoms with Gasteiger partial charge in [0.2, 0.25) is 0 Å². The van der Waals surface area contributed by atoms with Gasteiger partial charge in [-0.25, -0.2) is 0 Å². The highest BCUT2D eigenvalue weighted by atomic mass is 28.1. The van der Waals surface area contributed by atoms with E-state index in [0.717, 1.165) is 0 Å². The number of nitrogens with zero attached hydrogens (tertiary/aromatic N) is 1. The SMILES string of the molecule is O=C(O)[SiH3].O=NO. The van der Waals surface area contributed by atoms with Crippen molar-refractivity contribution in [3.8, 4) is 0 Å². The summed E-state index contributed by atoms with van der Waals surface area (Å²) in [5.74, 6) is 0. The molecule has 0 spiro atoms. The van der Waals surface area contributed by atoms with Gasteiger partial charge in [0.05, 0.1) is 0 Å². The molecule has 7 heavy (non-hydrogen) atoms. The lowest BCUT2D eigenvalue weighted by molar-refractivity contribution is 0.220. The Hall–Kier alpha value is -0.913. The topological polar surface area (TPSA) is 87.0 Å². The van der Waals surface area contributed by atoms with Gasteiger partial charge in [-0.05, 0) is 0 Å². The third-order valence-electron chi connectivity index (χ3n) is 0. The maximum absolute atomic E-state index is 9.06. The summed E-state index contributed by atoms with van der Waals surface area (Å²) in [5.41, 5.74) is -0.694. The van der Waals surface area contributed by atoms with Crippen LogP contribution in [0.5, 0.6) is 0 Å². The minimum Gasteiger partial charge on any atom is -0.486 e. The van der Waals surface area contributed by atoms with Crippen LogP contribution in [0.3, 0.4) is 0 Å². The molecule has 0 saturated heterocycles. The van der Waals surface area contributed by atoms with E-state index in [4.69, 9.17) is 20.0 Å². The molecule has 0 rings (SSSR count). The summed E-state index contributed by atoms with van der Waals surface area (Å²) < 4.78 is 0. The van der Waals surface area contributed by atoms with E-state index in [1.807, 2.05) is 0 Å². The fourth-order valence-corrected chi connectivity index (χ4v) is 0. The number of carbonyl (C=O) groups is 1. The Bertz CT molecular complexity index is 58.7. The van der Waals surface area contributed by atoms with Crippen LogP contribution in [0, 0.1) is 4.91 Å². The molecular weight excluding hydrogens is 118 g/mol. The second-order valence-electron chi connectivity index (χ2n) is 0.601. The molecule has 0 aromatic heterocycles. The van der Waals surface area contributed by atoms with E-state index in [0.29, 0.717) is 0 Å². The molecule has 0 saturated carbocycles. The molecular formula is CH5NO4Si. The van der Waals surface area contributed by atoms with Gasteiger partial charge in [0.1, 0.15) is 10.2 Å². The Labute approximate surface area is 42.3 Å². The molecule has 0 aliphatic rings. The van der Waals surface area contributed by atoms with Gasteiger partial charge in [0.25, 0.3) is 5.59 Å². The molecule has 42 valence electrons. The normalized spacial score (nSPS) is 5.71. The predicted octanol–water partition coefficient (Wildman–Crippen LogP) is -0.828. The van der Waals surface area contributed by atoms with Gasteiger partial charge in [-0.15, -0.1) is 4.91 Å². The van der Waals surface area contributed by atoms with E-state index >= 15 is 0 Å². The molecule has 0 unspecified atom stereocenters. The van der Waals surface area contributed by atoms with Crippen molar-refractivity contribution in [1.29, 1.82) is 0 Å². The van der Waals surface area contributed by atoms with Crippen LogP contribution in [0.25, 0.3) is 0 Å². The molecule has 0 aromatic rings. The van der Waals surface area contributed by atoms with Crippen LogP contribution < -0.4 is 0 Å². The lowest BCUT2D eigenvalue weighted by Gasteiger charge is -1.59. The molecule has 0 atom stereocenters. The van der Waals surface area contributed by atoms with Crippen LogP contribution in [0.15, 0.2) is 5.34 Å². The highest BCUT2D eigenvalue weighted by Gasteiger charge is 1.65. The Balaban J connectivity index is 0. The number of rotatable bonds is 0. The first-order chi connectivity index (χ1) is 3.15. The van der Waals surface area contributed by atoms with Crippen molar-refractivity contribution >= 4 is 15.8 Å². The molecule has 0 aromatic carbocycles. The molecule has 0 amide bonds. The quantitative estimate of drug-likeness (QED) is 0.250. The molecule has 0 radical (unpaired) electrons. The zero-order valence-corrected chi connectivity index (χ0v) is 5.66.